The molecular formula is C17H15N3O2S. The average Bonchev–Trinajstić information content (AvgIpc) is 3.04. The third kappa shape index (κ3) is 3.43. The predicted octanol–water partition coefficient (Wildman–Crippen LogP) is 4.02. The van der Waals surface area contributed by atoms with Crippen molar-refractivity contribution >= 4 is 23.7 Å². The molecule has 0 atom stereocenters. The number of benzene rings is 2. The minimum atomic E-state index is -0.269. The Bertz CT molecular complexity index is 828. The second-order valence-corrected chi connectivity index (χ2v) is 5.78. The molecule has 0 aliphatic carbocycles. The van der Waals surface area contributed by atoms with Gasteiger partial charge in [0.25, 0.3) is 5.91 Å². The molecule has 0 spiro atoms. The molecule has 5 nitrogen and oxygen atoms in total. The van der Waals surface area contributed by atoms with E-state index in [1.165, 1.54) is 11.8 Å². The summed E-state index contributed by atoms with van der Waals surface area (Å²) < 4.78 is 5.51. The summed E-state index contributed by atoms with van der Waals surface area (Å²) in [6.45, 7) is 2.01. The molecule has 1 aromatic heterocycles. The van der Waals surface area contributed by atoms with Gasteiger partial charge in [-0.1, -0.05) is 34.9 Å². The van der Waals surface area contributed by atoms with Crippen LogP contribution in [0.3, 0.4) is 0 Å². The number of hydrogen-bond donors (Lipinski definition) is 1. The van der Waals surface area contributed by atoms with E-state index in [-0.39, 0.29) is 11.9 Å². The van der Waals surface area contributed by atoms with Crippen molar-refractivity contribution in [3.05, 3.63) is 59.7 Å². The van der Waals surface area contributed by atoms with E-state index in [2.05, 4.69) is 15.5 Å². The average molecular weight is 325 g/mol. The summed E-state index contributed by atoms with van der Waals surface area (Å²) in [6.07, 6.45) is 1.92. The molecule has 1 N–H and O–H groups in total. The maximum absolute atomic E-state index is 12.3. The highest BCUT2D eigenvalue weighted by molar-refractivity contribution is 7.98. The summed E-state index contributed by atoms with van der Waals surface area (Å²) in [6, 6.07) is 15.2. The van der Waals surface area contributed by atoms with Gasteiger partial charge in [-0.25, -0.2) is 0 Å². The second kappa shape index (κ2) is 6.66. The third-order valence-corrected chi connectivity index (χ3v) is 4.09. The first-order chi connectivity index (χ1) is 11.2. The number of carbonyl (C=O) groups is 1. The SMILES string of the molecule is CSc1ccccc1C(=O)Nc1nnc(-c2ccc(C)cc2)o1. The summed E-state index contributed by atoms with van der Waals surface area (Å²) in [7, 11) is 0. The van der Waals surface area contributed by atoms with Crippen molar-refractivity contribution in [1.29, 1.82) is 0 Å². The molecule has 6 heteroatoms. The van der Waals surface area contributed by atoms with Crippen molar-refractivity contribution in [2.45, 2.75) is 11.8 Å². The molecular weight excluding hydrogens is 310 g/mol. The number of aromatic nitrogens is 2. The Morgan fingerprint density at radius 2 is 1.83 bits per heavy atom. The number of amides is 1. The zero-order valence-corrected chi connectivity index (χ0v) is 13.6. The van der Waals surface area contributed by atoms with Crippen molar-refractivity contribution in [3.8, 4) is 11.5 Å². The number of thioether (sulfide) groups is 1. The maximum Gasteiger partial charge on any atom is 0.322 e. The van der Waals surface area contributed by atoms with E-state index in [9.17, 15) is 4.79 Å². The van der Waals surface area contributed by atoms with Crippen molar-refractivity contribution in [2.24, 2.45) is 0 Å². The van der Waals surface area contributed by atoms with E-state index in [0.29, 0.717) is 11.5 Å². The molecule has 1 amide bonds. The molecule has 3 aromatic rings. The third-order valence-electron chi connectivity index (χ3n) is 3.30. The first-order valence-corrected chi connectivity index (χ1v) is 8.25. The first kappa shape index (κ1) is 15.3. The maximum atomic E-state index is 12.3. The fourth-order valence-corrected chi connectivity index (χ4v) is 2.68. The highest BCUT2D eigenvalue weighted by Gasteiger charge is 2.15. The molecule has 23 heavy (non-hydrogen) atoms. The van der Waals surface area contributed by atoms with Crippen LogP contribution in [0.4, 0.5) is 6.01 Å². The summed E-state index contributed by atoms with van der Waals surface area (Å²) in [4.78, 5) is 13.2. The lowest BCUT2D eigenvalue weighted by atomic mass is 10.1. The molecule has 116 valence electrons. The lowest BCUT2D eigenvalue weighted by Gasteiger charge is -2.05. The Morgan fingerprint density at radius 3 is 2.57 bits per heavy atom. The van der Waals surface area contributed by atoms with Crippen LogP contribution in [0.5, 0.6) is 0 Å². The van der Waals surface area contributed by atoms with E-state index in [0.717, 1.165) is 16.0 Å². The van der Waals surface area contributed by atoms with Gasteiger partial charge in [0.2, 0.25) is 5.89 Å². The van der Waals surface area contributed by atoms with E-state index in [1.807, 2.05) is 55.6 Å². The Hall–Kier alpha value is -2.60. The van der Waals surface area contributed by atoms with Gasteiger partial charge in [0.1, 0.15) is 0 Å². The van der Waals surface area contributed by atoms with Gasteiger partial charge >= 0.3 is 6.01 Å². The lowest BCUT2D eigenvalue weighted by molar-refractivity contribution is 0.102. The lowest BCUT2D eigenvalue weighted by Crippen LogP contribution is -2.13. The molecule has 0 fully saturated rings. The van der Waals surface area contributed by atoms with Crippen LogP contribution in [0.25, 0.3) is 11.5 Å². The van der Waals surface area contributed by atoms with Crippen molar-refractivity contribution in [1.82, 2.24) is 10.2 Å². The van der Waals surface area contributed by atoms with Crippen LogP contribution in [0.1, 0.15) is 15.9 Å². The van der Waals surface area contributed by atoms with Crippen LogP contribution in [0.2, 0.25) is 0 Å². The van der Waals surface area contributed by atoms with Gasteiger partial charge in [0.15, 0.2) is 0 Å². The van der Waals surface area contributed by atoms with Crippen molar-refractivity contribution < 1.29 is 9.21 Å². The number of hydrogen-bond acceptors (Lipinski definition) is 5. The first-order valence-electron chi connectivity index (χ1n) is 7.02. The number of anilines is 1. The topological polar surface area (TPSA) is 68.0 Å². The number of nitrogens with one attached hydrogen (secondary N) is 1. The van der Waals surface area contributed by atoms with Crippen LogP contribution in [0, 0.1) is 6.92 Å². The number of carbonyl (C=O) groups excluding carboxylic acids is 1. The monoisotopic (exact) mass is 325 g/mol. The minimum Gasteiger partial charge on any atom is -0.403 e. The van der Waals surface area contributed by atoms with E-state index in [1.54, 1.807) is 6.07 Å². The zero-order chi connectivity index (χ0) is 16.2. The van der Waals surface area contributed by atoms with Crippen LogP contribution >= 0.6 is 11.8 Å². The van der Waals surface area contributed by atoms with Gasteiger partial charge in [0.05, 0.1) is 5.56 Å². The Balaban J connectivity index is 1.79. The fraction of sp³-hybridized carbons (Fsp3) is 0.118. The van der Waals surface area contributed by atoms with Crippen LogP contribution in [-0.4, -0.2) is 22.4 Å². The summed E-state index contributed by atoms with van der Waals surface area (Å²) in [5.41, 5.74) is 2.54. The highest BCUT2D eigenvalue weighted by Crippen LogP contribution is 2.23. The molecule has 0 unspecified atom stereocenters. The number of nitrogens with zero attached hydrogens (tertiary/aromatic N) is 2. The van der Waals surface area contributed by atoms with E-state index < -0.39 is 0 Å². The van der Waals surface area contributed by atoms with Crippen LogP contribution < -0.4 is 5.32 Å². The summed E-state index contributed by atoms with van der Waals surface area (Å²) in [5, 5.41) is 10.5. The van der Waals surface area contributed by atoms with Gasteiger partial charge in [-0.3, -0.25) is 10.1 Å². The number of rotatable bonds is 4. The summed E-state index contributed by atoms with van der Waals surface area (Å²) in [5.74, 6) is 0.104. The molecule has 0 aliphatic rings. The zero-order valence-electron chi connectivity index (χ0n) is 12.7. The normalized spacial score (nSPS) is 10.5. The molecule has 2 aromatic carbocycles. The van der Waals surface area contributed by atoms with E-state index >= 15 is 0 Å². The van der Waals surface area contributed by atoms with Gasteiger partial charge in [-0.05, 0) is 37.4 Å². The molecule has 3 rings (SSSR count). The van der Waals surface area contributed by atoms with Crippen molar-refractivity contribution in [3.63, 3.8) is 0 Å². The predicted molar refractivity (Wildman–Crippen MR) is 90.6 cm³/mol. The fourth-order valence-electron chi connectivity index (χ4n) is 2.08. The molecule has 0 radical (unpaired) electrons. The largest absolute Gasteiger partial charge is 0.403 e. The van der Waals surface area contributed by atoms with Crippen LogP contribution in [0.15, 0.2) is 57.8 Å². The highest BCUT2D eigenvalue weighted by atomic mass is 32.2. The minimum absolute atomic E-state index is 0.0847. The molecule has 0 saturated heterocycles. The summed E-state index contributed by atoms with van der Waals surface area (Å²) >= 11 is 1.51. The van der Waals surface area contributed by atoms with Crippen LogP contribution in [-0.2, 0) is 0 Å². The second-order valence-electron chi connectivity index (χ2n) is 4.93. The Morgan fingerprint density at radius 1 is 1.09 bits per heavy atom. The smallest absolute Gasteiger partial charge is 0.322 e. The Labute approximate surface area is 138 Å². The van der Waals surface area contributed by atoms with Gasteiger partial charge < -0.3 is 4.42 Å². The van der Waals surface area contributed by atoms with E-state index in [4.69, 9.17) is 4.42 Å². The van der Waals surface area contributed by atoms with Crippen molar-refractivity contribution in [2.75, 3.05) is 11.6 Å². The van der Waals surface area contributed by atoms with Gasteiger partial charge in [-0.15, -0.1) is 16.9 Å². The molecule has 0 saturated carbocycles. The number of aryl methyl sites for hydroxylation is 1. The quantitative estimate of drug-likeness (QED) is 0.734. The van der Waals surface area contributed by atoms with Gasteiger partial charge in [-0.2, -0.15) is 0 Å². The van der Waals surface area contributed by atoms with Gasteiger partial charge in [0, 0.05) is 10.5 Å². The standard InChI is InChI=1S/C17H15N3O2S/c1-11-7-9-12(10-8-11)16-19-20-17(22-16)18-15(21)13-5-3-4-6-14(13)23-2/h3-10H,1-2H3,(H,18,20,21). The molecule has 1 heterocycles. The molecule has 0 aliphatic heterocycles. The molecule has 0 bridgehead atoms. The Kier molecular flexibility index (Phi) is 4.43.